The zero-order chi connectivity index (χ0) is 34.0. The molecule has 0 saturated heterocycles. The van der Waals surface area contributed by atoms with E-state index in [-0.39, 0.29) is 18.2 Å². The lowest BCUT2D eigenvalue weighted by molar-refractivity contribution is -0.116. The van der Waals surface area contributed by atoms with Crippen molar-refractivity contribution in [1.82, 2.24) is 5.32 Å². The molecule has 4 aromatic rings. The van der Waals surface area contributed by atoms with Gasteiger partial charge in [-0.3, -0.25) is 14.4 Å². The van der Waals surface area contributed by atoms with Crippen LogP contribution in [0.1, 0.15) is 69.8 Å². The van der Waals surface area contributed by atoms with Crippen molar-refractivity contribution < 1.29 is 23.9 Å². The third kappa shape index (κ3) is 8.94. The quantitative estimate of drug-likeness (QED) is 0.0777. The van der Waals surface area contributed by atoms with Gasteiger partial charge in [-0.25, -0.2) is 4.79 Å². The third-order valence-electron chi connectivity index (χ3n) is 7.61. The Morgan fingerprint density at radius 1 is 0.938 bits per heavy atom. The average molecular weight is 702 g/mol. The largest absolute Gasteiger partial charge is 0.462 e. The minimum atomic E-state index is -0.528. The van der Waals surface area contributed by atoms with Crippen molar-refractivity contribution in [1.29, 1.82) is 0 Å². The van der Waals surface area contributed by atoms with E-state index in [2.05, 4.69) is 16.0 Å². The van der Waals surface area contributed by atoms with Crippen LogP contribution in [0.2, 0.25) is 5.02 Å². The predicted octanol–water partition coefficient (Wildman–Crippen LogP) is 8.38. The van der Waals surface area contributed by atoms with Gasteiger partial charge in [0.25, 0.3) is 11.8 Å². The highest BCUT2D eigenvalue weighted by molar-refractivity contribution is 8.00. The first-order chi connectivity index (χ1) is 23.2. The van der Waals surface area contributed by atoms with Crippen LogP contribution in [0.25, 0.3) is 6.08 Å². The Kier molecular flexibility index (Phi) is 12.1. The van der Waals surface area contributed by atoms with Crippen molar-refractivity contribution in [2.75, 3.05) is 17.2 Å². The van der Waals surface area contributed by atoms with Crippen LogP contribution in [0.5, 0.6) is 0 Å². The molecule has 1 unspecified atom stereocenters. The SMILES string of the molecule is CCOC(=O)c1c(NC(=O)C(CC)Sc2cccc(NC(=O)/C(=C/c3cccc(Cl)c3)NC(=O)c3ccccc3)c2)sc2c1CCCC2. The van der Waals surface area contributed by atoms with Crippen LogP contribution in [-0.2, 0) is 27.2 Å². The number of hydrogen-bond acceptors (Lipinski definition) is 7. The fourth-order valence-electron chi connectivity index (χ4n) is 5.30. The van der Waals surface area contributed by atoms with E-state index in [1.807, 2.05) is 13.0 Å². The molecule has 5 rings (SSSR count). The van der Waals surface area contributed by atoms with Gasteiger partial charge in [0.15, 0.2) is 0 Å². The number of aryl methyl sites for hydroxylation is 1. The van der Waals surface area contributed by atoms with Crippen molar-refractivity contribution in [2.24, 2.45) is 0 Å². The Morgan fingerprint density at radius 2 is 1.71 bits per heavy atom. The number of nitrogens with one attached hydrogen (secondary N) is 3. The Morgan fingerprint density at radius 3 is 2.46 bits per heavy atom. The molecule has 48 heavy (non-hydrogen) atoms. The Balaban J connectivity index is 1.31. The highest BCUT2D eigenvalue weighted by Gasteiger charge is 2.29. The Hall–Kier alpha value is -4.38. The molecule has 3 amide bonds. The zero-order valence-corrected chi connectivity index (χ0v) is 29.0. The average Bonchev–Trinajstić information content (AvgIpc) is 3.45. The molecule has 3 aromatic carbocycles. The lowest BCUT2D eigenvalue weighted by Gasteiger charge is -2.16. The molecule has 1 atom stereocenters. The van der Waals surface area contributed by atoms with Gasteiger partial charge < -0.3 is 20.7 Å². The number of amides is 3. The van der Waals surface area contributed by atoms with Gasteiger partial charge >= 0.3 is 5.97 Å². The maximum atomic E-state index is 13.6. The molecular formula is C37H36ClN3O5S2. The number of hydrogen-bond donors (Lipinski definition) is 3. The van der Waals surface area contributed by atoms with Crippen LogP contribution in [0.3, 0.4) is 0 Å². The molecule has 0 fully saturated rings. The number of ether oxygens (including phenoxy) is 1. The fraction of sp³-hybridized carbons (Fsp3) is 0.243. The van der Waals surface area contributed by atoms with E-state index in [4.69, 9.17) is 16.3 Å². The van der Waals surface area contributed by atoms with Crippen LogP contribution in [-0.4, -0.2) is 35.5 Å². The van der Waals surface area contributed by atoms with Crippen molar-refractivity contribution >= 4 is 75.2 Å². The fourth-order valence-corrected chi connectivity index (χ4v) is 7.80. The summed E-state index contributed by atoms with van der Waals surface area (Å²) < 4.78 is 5.34. The molecule has 1 aliphatic rings. The minimum absolute atomic E-state index is 0.0334. The molecule has 0 spiro atoms. The highest BCUT2D eigenvalue weighted by Crippen LogP contribution is 2.39. The maximum absolute atomic E-state index is 13.6. The molecule has 3 N–H and O–H groups in total. The lowest BCUT2D eigenvalue weighted by atomic mass is 9.95. The first-order valence-corrected chi connectivity index (χ1v) is 17.9. The van der Waals surface area contributed by atoms with E-state index in [1.165, 1.54) is 23.1 Å². The lowest BCUT2D eigenvalue weighted by Crippen LogP contribution is -2.30. The smallest absolute Gasteiger partial charge is 0.341 e. The summed E-state index contributed by atoms with van der Waals surface area (Å²) in [7, 11) is 0. The van der Waals surface area contributed by atoms with Gasteiger partial charge in [0, 0.05) is 26.0 Å². The summed E-state index contributed by atoms with van der Waals surface area (Å²) in [5.74, 6) is -1.58. The molecule has 0 saturated carbocycles. The number of rotatable bonds is 12. The summed E-state index contributed by atoms with van der Waals surface area (Å²) in [5.41, 5.74) is 3.04. The molecule has 1 aromatic heterocycles. The first kappa shape index (κ1) is 34.9. The number of thioether (sulfide) groups is 1. The predicted molar refractivity (Wildman–Crippen MR) is 194 cm³/mol. The number of carbonyl (C=O) groups excluding carboxylic acids is 4. The normalized spacial score (nSPS) is 13.2. The summed E-state index contributed by atoms with van der Waals surface area (Å²) in [5, 5.41) is 9.21. The topological polar surface area (TPSA) is 114 Å². The standard InChI is InChI=1S/C37H36ClN3O5S2/c1-3-30(35(44)41-36-32(37(45)46-4-2)28-18-8-9-19-31(28)48-36)47-27-17-11-16-26(22-27)39-34(43)29(21-23-12-10-15-25(38)20-23)40-33(42)24-13-6-5-7-14-24/h5-7,10-17,20-22,30H,3-4,8-9,18-19H2,1-2H3,(H,39,43)(H,40,42)(H,41,44)/b29-21-. The summed E-state index contributed by atoms with van der Waals surface area (Å²) >= 11 is 8.99. The maximum Gasteiger partial charge on any atom is 0.341 e. The van der Waals surface area contributed by atoms with Gasteiger partial charge in [0.2, 0.25) is 5.91 Å². The molecule has 1 heterocycles. The van der Waals surface area contributed by atoms with E-state index >= 15 is 0 Å². The van der Waals surface area contributed by atoms with Gasteiger partial charge in [-0.15, -0.1) is 23.1 Å². The van der Waals surface area contributed by atoms with Crippen molar-refractivity contribution in [3.63, 3.8) is 0 Å². The van der Waals surface area contributed by atoms with E-state index in [9.17, 15) is 19.2 Å². The molecule has 0 radical (unpaired) electrons. The van der Waals surface area contributed by atoms with Crippen LogP contribution in [0.4, 0.5) is 10.7 Å². The van der Waals surface area contributed by atoms with Gasteiger partial charge in [0.1, 0.15) is 10.7 Å². The summed E-state index contributed by atoms with van der Waals surface area (Å²) in [6.45, 7) is 3.96. The van der Waals surface area contributed by atoms with Gasteiger partial charge in [-0.05, 0) is 98.7 Å². The molecule has 8 nitrogen and oxygen atoms in total. The number of esters is 1. The van der Waals surface area contributed by atoms with Crippen LogP contribution >= 0.6 is 34.7 Å². The summed E-state index contributed by atoms with van der Waals surface area (Å²) in [6.07, 6.45) is 5.84. The number of benzene rings is 3. The van der Waals surface area contributed by atoms with Crippen molar-refractivity contribution in [3.8, 4) is 0 Å². The second kappa shape index (κ2) is 16.6. The minimum Gasteiger partial charge on any atom is -0.462 e. The van der Waals surface area contributed by atoms with E-state index < -0.39 is 23.0 Å². The third-order valence-corrected chi connectivity index (χ3v) is 10.4. The Labute approximate surface area is 293 Å². The molecule has 11 heteroatoms. The number of anilines is 2. The van der Waals surface area contributed by atoms with Gasteiger partial charge in [0.05, 0.1) is 17.4 Å². The number of thiophene rings is 1. The summed E-state index contributed by atoms with van der Waals surface area (Å²) in [6, 6.07) is 22.7. The molecule has 0 aliphatic heterocycles. The number of carbonyl (C=O) groups is 4. The number of halogens is 1. The van der Waals surface area contributed by atoms with E-state index in [1.54, 1.807) is 85.8 Å². The number of fused-ring (bicyclic) bond motifs is 1. The molecular weight excluding hydrogens is 666 g/mol. The molecule has 1 aliphatic carbocycles. The highest BCUT2D eigenvalue weighted by atomic mass is 35.5. The second-order valence-electron chi connectivity index (χ2n) is 11.1. The summed E-state index contributed by atoms with van der Waals surface area (Å²) in [4.78, 5) is 54.9. The van der Waals surface area contributed by atoms with Crippen LogP contribution in [0, 0.1) is 0 Å². The monoisotopic (exact) mass is 701 g/mol. The van der Waals surface area contributed by atoms with Gasteiger partial charge in [-0.2, -0.15) is 0 Å². The van der Waals surface area contributed by atoms with Crippen LogP contribution < -0.4 is 16.0 Å². The first-order valence-electron chi connectivity index (χ1n) is 15.8. The van der Waals surface area contributed by atoms with Crippen molar-refractivity contribution in [3.05, 3.63) is 117 Å². The molecule has 248 valence electrons. The molecule has 0 bridgehead atoms. The second-order valence-corrected chi connectivity index (χ2v) is 13.9. The van der Waals surface area contributed by atoms with Crippen LogP contribution in [0.15, 0.2) is 89.5 Å². The van der Waals surface area contributed by atoms with E-state index in [0.29, 0.717) is 38.8 Å². The van der Waals surface area contributed by atoms with E-state index in [0.717, 1.165) is 41.0 Å². The van der Waals surface area contributed by atoms with Gasteiger partial charge in [-0.1, -0.05) is 54.9 Å². The Bertz CT molecular complexity index is 1840. The van der Waals surface area contributed by atoms with Crippen molar-refractivity contribution in [2.45, 2.75) is 56.1 Å². The zero-order valence-electron chi connectivity index (χ0n) is 26.6.